The molecular weight excluding hydrogens is 252 g/mol. The number of benzene rings is 1. The number of rotatable bonds is 2. The second-order valence-corrected chi connectivity index (χ2v) is 3.41. The number of hydrogen-bond acceptors (Lipinski definition) is 3. The van der Waals surface area contributed by atoms with E-state index in [9.17, 15) is 14.9 Å². The van der Waals surface area contributed by atoms with E-state index in [4.69, 9.17) is 34.8 Å². The van der Waals surface area contributed by atoms with Gasteiger partial charge in [0.2, 0.25) is 0 Å². The van der Waals surface area contributed by atoms with Crippen LogP contribution in [0, 0.1) is 10.1 Å². The fourth-order valence-electron chi connectivity index (χ4n) is 0.880. The first-order valence-corrected chi connectivity index (χ1v) is 4.40. The first kappa shape index (κ1) is 11.2. The maximum Gasteiger partial charge on any atom is 0.283 e. The molecule has 0 aliphatic carbocycles. The van der Waals surface area contributed by atoms with E-state index in [1.165, 1.54) is 6.07 Å². The van der Waals surface area contributed by atoms with Crippen molar-refractivity contribution in [1.82, 2.24) is 0 Å². The minimum absolute atomic E-state index is 0.0428. The van der Waals surface area contributed by atoms with Crippen LogP contribution >= 0.6 is 34.8 Å². The fourth-order valence-corrected chi connectivity index (χ4v) is 1.52. The van der Waals surface area contributed by atoms with Gasteiger partial charge in [0.05, 0.1) is 15.0 Å². The molecule has 0 atom stereocenters. The normalized spacial score (nSPS) is 9.93. The maximum absolute atomic E-state index is 10.9. The van der Waals surface area contributed by atoms with E-state index >= 15 is 0 Å². The largest absolute Gasteiger partial charge is 0.283 e. The van der Waals surface area contributed by atoms with Gasteiger partial charge in [-0.05, 0) is 17.7 Å². The van der Waals surface area contributed by atoms with Gasteiger partial charge in [0, 0.05) is 6.07 Å². The molecule has 0 aliphatic heterocycles. The summed E-state index contributed by atoms with van der Waals surface area (Å²) in [6.07, 6.45) is 0. The lowest BCUT2D eigenvalue weighted by atomic mass is 10.2. The molecule has 74 valence electrons. The minimum Gasteiger partial charge on any atom is -0.275 e. The Morgan fingerprint density at radius 2 is 1.93 bits per heavy atom. The summed E-state index contributed by atoms with van der Waals surface area (Å²) < 4.78 is 0. The van der Waals surface area contributed by atoms with Gasteiger partial charge in [-0.3, -0.25) is 14.9 Å². The topological polar surface area (TPSA) is 60.2 Å². The predicted octanol–water partition coefficient (Wildman–Crippen LogP) is 3.28. The van der Waals surface area contributed by atoms with Crippen LogP contribution in [-0.4, -0.2) is 10.2 Å². The molecule has 0 fully saturated rings. The van der Waals surface area contributed by atoms with E-state index in [1.54, 1.807) is 0 Å². The summed E-state index contributed by atoms with van der Waals surface area (Å²) in [6, 6.07) is 2.30. The van der Waals surface area contributed by atoms with Crippen molar-refractivity contribution in [2.24, 2.45) is 0 Å². The number of hydrogen-bond donors (Lipinski definition) is 0. The Hall–Kier alpha value is -0.840. The molecule has 0 saturated heterocycles. The highest BCUT2D eigenvalue weighted by Crippen LogP contribution is 2.33. The Morgan fingerprint density at radius 1 is 1.36 bits per heavy atom. The summed E-state index contributed by atoms with van der Waals surface area (Å²) >= 11 is 16.3. The summed E-state index contributed by atoms with van der Waals surface area (Å²) in [5.74, 6) is 0. The van der Waals surface area contributed by atoms with Gasteiger partial charge in [0.1, 0.15) is 5.56 Å². The van der Waals surface area contributed by atoms with Crippen molar-refractivity contribution in [2.75, 3.05) is 0 Å². The second kappa shape index (κ2) is 4.13. The molecule has 0 bridgehead atoms. The van der Waals surface area contributed by atoms with E-state index in [0.29, 0.717) is 0 Å². The van der Waals surface area contributed by atoms with Gasteiger partial charge in [0.15, 0.2) is 0 Å². The zero-order valence-corrected chi connectivity index (χ0v) is 8.73. The van der Waals surface area contributed by atoms with Gasteiger partial charge in [-0.1, -0.05) is 23.2 Å². The van der Waals surface area contributed by atoms with Gasteiger partial charge in [-0.2, -0.15) is 0 Å². The van der Waals surface area contributed by atoms with Crippen molar-refractivity contribution in [3.8, 4) is 0 Å². The standard InChI is InChI=1S/C7H2Cl3NO3/c8-3-1-2-4(11(13)14)5(6(3)9)7(10)12/h1-2H. The molecule has 0 radical (unpaired) electrons. The van der Waals surface area contributed by atoms with Crippen molar-refractivity contribution >= 4 is 45.7 Å². The molecular formula is C7H2Cl3NO3. The molecule has 1 aromatic rings. The average molecular weight is 254 g/mol. The summed E-state index contributed by atoms with van der Waals surface area (Å²) in [4.78, 5) is 20.6. The lowest BCUT2D eigenvalue weighted by molar-refractivity contribution is -0.385. The highest BCUT2D eigenvalue weighted by Gasteiger charge is 2.23. The van der Waals surface area contributed by atoms with Crippen molar-refractivity contribution in [3.63, 3.8) is 0 Å². The molecule has 0 spiro atoms. The Morgan fingerprint density at radius 3 is 2.36 bits per heavy atom. The third kappa shape index (κ3) is 1.97. The highest BCUT2D eigenvalue weighted by atomic mass is 35.5. The molecule has 0 unspecified atom stereocenters. The minimum atomic E-state index is -1.01. The molecule has 1 rings (SSSR count). The molecule has 0 aliphatic rings. The van der Waals surface area contributed by atoms with Crippen molar-refractivity contribution in [1.29, 1.82) is 0 Å². The van der Waals surface area contributed by atoms with Crippen LogP contribution in [-0.2, 0) is 0 Å². The monoisotopic (exact) mass is 253 g/mol. The zero-order valence-electron chi connectivity index (χ0n) is 6.46. The van der Waals surface area contributed by atoms with Crippen LogP contribution in [0.3, 0.4) is 0 Å². The van der Waals surface area contributed by atoms with Crippen LogP contribution in [0.5, 0.6) is 0 Å². The van der Waals surface area contributed by atoms with Crippen LogP contribution in [0.25, 0.3) is 0 Å². The number of halogens is 3. The lowest BCUT2D eigenvalue weighted by Gasteiger charge is -2.01. The molecule has 0 aromatic heterocycles. The lowest BCUT2D eigenvalue weighted by Crippen LogP contribution is -1.99. The van der Waals surface area contributed by atoms with Gasteiger partial charge >= 0.3 is 0 Å². The van der Waals surface area contributed by atoms with E-state index in [0.717, 1.165) is 6.07 Å². The molecule has 0 saturated carbocycles. The molecule has 1 aromatic carbocycles. The van der Waals surface area contributed by atoms with Crippen molar-refractivity contribution in [3.05, 3.63) is 37.9 Å². The van der Waals surface area contributed by atoms with Gasteiger partial charge in [-0.25, -0.2) is 0 Å². The average Bonchev–Trinajstić information content (AvgIpc) is 2.08. The SMILES string of the molecule is O=C(Cl)c1c([N+](=O)[O-])ccc(Cl)c1Cl. The van der Waals surface area contributed by atoms with E-state index in [2.05, 4.69) is 0 Å². The number of nitro benzene ring substituents is 1. The van der Waals surface area contributed by atoms with Gasteiger partial charge in [-0.15, -0.1) is 0 Å². The summed E-state index contributed by atoms with van der Waals surface area (Å²) in [5.41, 5.74) is -0.842. The first-order chi connectivity index (χ1) is 6.45. The summed E-state index contributed by atoms with van der Waals surface area (Å²) in [6.45, 7) is 0. The third-order valence-electron chi connectivity index (χ3n) is 1.47. The van der Waals surface area contributed by atoms with Crippen LogP contribution in [0.15, 0.2) is 12.1 Å². The van der Waals surface area contributed by atoms with E-state index in [1.807, 2.05) is 0 Å². The maximum atomic E-state index is 10.9. The van der Waals surface area contributed by atoms with Crippen molar-refractivity contribution in [2.45, 2.75) is 0 Å². The van der Waals surface area contributed by atoms with Crippen LogP contribution in [0.1, 0.15) is 10.4 Å². The van der Waals surface area contributed by atoms with Gasteiger partial charge < -0.3 is 0 Å². The Kier molecular flexibility index (Phi) is 3.31. The number of nitrogens with zero attached hydrogens (tertiary/aromatic N) is 1. The number of carbonyl (C=O) groups is 1. The Balaban J connectivity index is 3.53. The summed E-state index contributed by atoms with van der Waals surface area (Å²) in [7, 11) is 0. The Bertz CT molecular complexity index is 419. The first-order valence-electron chi connectivity index (χ1n) is 3.27. The smallest absolute Gasteiger partial charge is 0.275 e. The fraction of sp³-hybridized carbons (Fsp3) is 0. The molecule has 0 N–H and O–H groups in total. The predicted molar refractivity (Wildman–Crippen MR) is 53.3 cm³/mol. The van der Waals surface area contributed by atoms with E-state index in [-0.39, 0.29) is 15.6 Å². The molecule has 7 heteroatoms. The molecule has 0 amide bonds. The molecule has 0 heterocycles. The van der Waals surface area contributed by atoms with Crippen LogP contribution in [0.2, 0.25) is 10.0 Å². The second-order valence-electron chi connectivity index (χ2n) is 2.29. The van der Waals surface area contributed by atoms with Gasteiger partial charge in [0.25, 0.3) is 10.9 Å². The number of carbonyl (C=O) groups excluding carboxylic acids is 1. The van der Waals surface area contributed by atoms with Crippen molar-refractivity contribution < 1.29 is 9.72 Å². The van der Waals surface area contributed by atoms with E-state index < -0.39 is 15.9 Å². The zero-order chi connectivity index (χ0) is 10.9. The Labute approximate surface area is 93.5 Å². The highest BCUT2D eigenvalue weighted by molar-refractivity contribution is 6.69. The quantitative estimate of drug-likeness (QED) is 0.462. The van der Waals surface area contributed by atoms with Crippen LogP contribution in [0.4, 0.5) is 5.69 Å². The molecule has 14 heavy (non-hydrogen) atoms. The van der Waals surface area contributed by atoms with Crippen LogP contribution < -0.4 is 0 Å². The third-order valence-corrected chi connectivity index (χ3v) is 2.46. The number of nitro groups is 1. The summed E-state index contributed by atoms with van der Waals surface area (Å²) in [5, 5.41) is 9.31. The molecule has 4 nitrogen and oxygen atoms in total.